The Hall–Kier alpha value is -1.07. The summed E-state index contributed by atoms with van der Waals surface area (Å²) in [5, 5.41) is 4.91. The van der Waals surface area contributed by atoms with Gasteiger partial charge in [0.05, 0.1) is 12.6 Å². The summed E-state index contributed by atoms with van der Waals surface area (Å²) in [4.78, 5) is 15.1. The van der Waals surface area contributed by atoms with Crippen molar-refractivity contribution >= 4 is 17.4 Å². The summed E-state index contributed by atoms with van der Waals surface area (Å²) in [5.74, 6) is 0. The molecule has 1 N–H and O–H groups in total. The third-order valence-electron chi connectivity index (χ3n) is 2.99. The molecule has 1 aromatic rings. The van der Waals surface area contributed by atoms with Gasteiger partial charge in [-0.1, -0.05) is 6.07 Å². The van der Waals surface area contributed by atoms with Crippen molar-refractivity contribution in [1.82, 2.24) is 10.2 Å². The maximum atomic E-state index is 12.0. The van der Waals surface area contributed by atoms with Gasteiger partial charge in [0, 0.05) is 24.6 Å². The third-order valence-corrected chi connectivity index (χ3v) is 3.85. The molecule has 0 aromatic carbocycles. The Morgan fingerprint density at radius 2 is 2.56 bits per heavy atom. The Bertz CT molecular complexity index is 361. The second-order valence-corrected chi connectivity index (χ2v) is 5.46. The summed E-state index contributed by atoms with van der Waals surface area (Å²) in [6, 6.07) is 4.08. The number of urea groups is 1. The zero-order chi connectivity index (χ0) is 12.8. The van der Waals surface area contributed by atoms with Gasteiger partial charge in [0.25, 0.3) is 0 Å². The van der Waals surface area contributed by atoms with E-state index in [-0.39, 0.29) is 12.1 Å². The molecule has 1 atom stereocenters. The number of rotatable bonds is 5. The highest BCUT2D eigenvalue weighted by atomic mass is 32.1. The quantitative estimate of drug-likeness (QED) is 0.891. The van der Waals surface area contributed by atoms with Crippen LogP contribution in [0.25, 0.3) is 0 Å². The molecule has 1 fully saturated rings. The zero-order valence-corrected chi connectivity index (χ0v) is 11.5. The molecule has 2 rings (SSSR count). The molecule has 18 heavy (non-hydrogen) atoms. The molecule has 1 aliphatic heterocycles. The minimum Gasteiger partial charge on any atom is -0.376 e. The first-order valence-corrected chi connectivity index (χ1v) is 7.34. The van der Waals surface area contributed by atoms with Gasteiger partial charge in [0.1, 0.15) is 0 Å². The van der Waals surface area contributed by atoms with Crippen molar-refractivity contribution in [2.75, 3.05) is 19.7 Å². The predicted molar refractivity (Wildman–Crippen MR) is 72.8 cm³/mol. The summed E-state index contributed by atoms with van der Waals surface area (Å²) in [6.45, 7) is 4.78. The standard InChI is InChI=1S/C13H20N2O2S/c1-2-14-13(16)15(9-11-5-3-7-17-11)10-12-6-4-8-18-12/h4,6,8,11H,2-3,5,7,9-10H2,1H3,(H,14,16). The van der Waals surface area contributed by atoms with E-state index in [9.17, 15) is 4.79 Å². The molecule has 0 saturated carbocycles. The molecular weight excluding hydrogens is 248 g/mol. The van der Waals surface area contributed by atoms with Gasteiger partial charge in [-0.25, -0.2) is 4.79 Å². The van der Waals surface area contributed by atoms with Crippen LogP contribution in [0.15, 0.2) is 17.5 Å². The van der Waals surface area contributed by atoms with Crippen LogP contribution >= 0.6 is 11.3 Å². The summed E-state index contributed by atoms with van der Waals surface area (Å²) in [6.07, 6.45) is 2.36. The summed E-state index contributed by atoms with van der Waals surface area (Å²) in [7, 11) is 0. The van der Waals surface area contributed by atoms with E-state index in [1.54, 1.807) is 11.3 Å². The number of carbonyl (C=O) groups excluding carboxylic acids is 1. The number of amides is 2. The van der Waals surface area contributed by atoms with Crippen molar-refractivity contribution in [2.24, 2.45) is 0 Å². The van der Waals surface area contributed by atoms with Gasteiger partial charge in [-0.3, -0.25) is 0 Å². The number of nitrogens with one attached hydrogen (secondary N) is 1. The summed E-state index contributed by atoms with van der Waals surface area (Å²) < 4.78 is 5.61. The molecule has 0 aliphatic carbocycles. The van der Waals surface area contributed by atoms with Crippen molar-refractivity contribution in [3.63, 3.8) is 0 Å². The number of ether oxygens (including phenoxy) is 1. The molecule has 2 heterocycles. The molecule has 100 valence electrons. The Kier molecular flexibility index (Phi) is 5.01. The monoisotopic (exact) mass is 268 g/mol. The highest BCUT2D eigenvalue weighted by Crippen LogP contribution is 2.17. The highest BCUT2D eigenvalue weighted by Gasteiger charge is 2.22. The average Bonchev–Trinajstić information content (AvgIpc) is 3.01. The van der Waals surface area contributed by atoms with E-state index in [4.69, 9.17) is 4.74 Å². The van der Waals surface area contributed by atoms with Crippen molar-refractivity contribution in [2.45, 2.75) is 32.4 Å². The number of hydrogen-bond donors (Lipinski definition) is 1. The molecule has 1 unspecified atom stereocenters. The minimum atomic E-state index is 0.00130. The molecule has 2 amide bonds. The van der Waals surface area contributed by atoms with E-state index < -0.39 is 0 Å². The van der Waals surface area contributed by atoms with Crippen LogP contribution in [0.3, 0.4) is 0 Å². The second-order valence-electron chi connectivity index (χ2n) is 4.43. The Morgan fingerprint density at radius 3 is 3.17 bits per heavy atom. The molecular formula is C13H20N2O2S. The fourth-order valence-electron chi connectivity index (χ4n) is 2.11. The first kappa shape index (κ1) is 13.4. The van der Waals surface area contributed by atoms with Crippen molar-refractivity contribution < 1.29 is 9.53 Å². The minimum absolute atomic E-state index is 0.00130. The van der Waals surface area contributed by atoms with Gasteiger partial charge in [-0.15, -0.1) is 11.3 Å². The van der Waals surface area contributed by atoms with Gasteiger partial charge in [-0.05, 0) is 31.2 Å². The van der Waals surface area contributed by atoms with Crippen LogP contribution in [0.2, 0.25) is 0 Å². The molecule has 4 nitrogen and oxygen atoms in total. The first-order chi connectivity index (χ1) is 8.79. The first-order valence-electron chi connectivity index (χ1n) is 6.46. The lowest BCUT2D eigenvalue weighted by Gasteiger charge is -2.25. The van der Waals surface area contributed by atoms with Crippen LogP contribution in [0.4, 0.5) is 4.79 Å². The second kappa shape index (κ2) is 6.75. The van der Waals surface area contributed by atoms with Gasteiger partial charge >= 0.3 is 6.03 Å². The van der Waals surface area contributed by atoms with Crippen LogP contribution < -0.4 is 5.32 Å². The summed E-state index contributed by atoms with van der Waals surface area (Å²) in [5.41, 5.74) is 0. The summed E-state index contributed by atoms with van der Waals surface area (Å²) >= 11 is 1.68. The lowest BCUT2D eigenvalue weighted by Crippen LogP contribution is -2.43. The SMILES string of the molecule is CCNC(=O)N(Cc1cccs1)CC1CCCO1. The van der Waals surface area contributed by atoms with E-state index in [0.29, 0.717) is 19.6 Å². The van der Waals surface area contributed by atoms with E-state index >= 15 is 0 Å². The van der Waals surface area contributed by atoms with Crippen LogP contribution in [-0.2, 0) is 11.3 Å². The number of hydrogen-bond acceptors (Lipinski definition) is 3. The third kappa shape index (κ3) is 3.71. The normalized spacial score (nSPS) is 18.8. The van der Waals surface area contributed by atoms with Crippen molar-refractivity contribution in [3.8, 4) is 0 Å². The van der Waals surface area contributed by atoms with E-state index in [0.717, 1.165) is 19.4 Å². The number of nitrogens with zero attached hydrogens (tertiary/aromatic N) is 1. The maximum Gasteiger partial charge on any atom is 0.317 e. The number of carbonyl (C=O) groups is 1. The van der Waals surface area contributed by atoms with Crippen molar-refractivity contribution in [1.29, 1.82) is 0 Å². The topological polar surface area (TPSA) is 41.6 Å². The van der Waals surface area contributed by atoms with E-state index in [2.05, 4.69) is 11.4 Å². The highest BCUT2D eigenvalue weighted by molar-refractivity contribution is 7.09. The zero-order valence-electron chi connectivity index (χ0n) is 10.7. The van der Waals surface area contributed by atoms with Crippen LogP contribution in [0.1, 0.15) is 24.6 Å². The van der Waals surface area contributed by atoms with Crippen molar-refractivity contribution in [3.05, 3.63) is 22.4 Å². The van der Waals surface area contributed by atoms with Gasteiger partial charge in [0.15, 0.2) is 0 Å². The fraction of sp³-hybridized carbons (Fsp3) is 0.615. The van der Waals surface area contributed by atoms with Gasteiger partial charge in [0.2, 0.25) is 0 Å². The lowest BCUT2D eigenvalue weighted by molar-refractivity contribution is 0.0798. The van der Waals surface area contributed by atoms with E-state index in [1.165, 1.54) is 4.88 Å². The molecule has 5 heteroatoms. The lowest BCUT2D eigenvalue weighted by atomic mass is 10.2. The maximum absolute atomic E-state index is 12.0. The van der Waals surface area contributed by atoms with Crippen LogP contribution in [0.5, 0.6) is 0 Å². The van der Waals surface area contributed by atoms with Crippen LogP contribution in [-0.4, -0.2) is 36.7 Å². The van der Waals surface area contributed by atoms with E-state index in [1.807, 2.05) is 23.3 Å². The fourth-order valence-corrected chi connectivity index (χ4v) is 2.83. The molecule has 1 aromatic heterocycles. The molecule has 1 saturated heterocycles. The molecule has 0 bridgehead atoms. The van der Waals surface area contributed by atoms with Gasteiger partial charge in [-0.2, -0.15) is 0 Å². The molecule has 0 spiro atoms. The Morgan fingerprint density at radius 1 is 1.67 bits per heavy atom. The molecule has 0 radical (unpaired) electrons. The van der Waals surface area contributed by atoms with Gasteiger partial charge < -0.3 is 15.0 Å². The largest absolute Gasteiger partial charge is 0.376 e. The average molecular weight is 268 g/mol. The smallest absolute Gasteiger partial charge is 0.317 e. The Balaban J connectivity index is 1.94. The Labute approximate surface area is 112 Å². The van der Waals surface area contributed by atoms with Crippen LogP contribution in [0, 0.1) is 0 Å². The predicted octanol–water partition coefficient (Wildman–Crippen LogP) is 2.46. The number of thiophene rings is 1. The molecule has 1 aliphatic rings.